The van der Waals surface area contributed by atoms with Crippen molar-refractivity contribution in [1.82, 2.24) is 4.98 Å². The van der Waals surface area contributed by atoms with Crippen molar-refractivity contribution in [2.45, 2.75) is 25.6 Å². The lowest BCUT2D eigenvalue weighted by Crippen LogP contribution is -1.81. The molecule has 0 saturated heterocycles. The molecular formula is C11H12ClNOS. The van der Waals surface area contributed by atoms with Gasteiger partial charge in [-0.25, -0.2) is 4.98 Å². The maximum atomic E-state index is 5.90. The minimum Gasteiger partial charge on any atom is -0.438 e. The maximum absolute atomic E-state index is 5.90. The van der Waals surface area contributed by atoms with Crippen LogP contribution in [0, 0.1) is 0 Å². The van der Waals surface area contributed by atoms with E-state index in [0.29, 0.717) is 5.89 Å². The Balaban J connectivity index is 2.37. The third-order valence-electron chi connectivity index (χ3n) is 2.22. The van der Waals surface area contributed by atoms with Gasteiger partial charge in [0.05, 0.1) is 11.1 Å². The zero-order chi connectivity index (χ0) is 10.8. The van der Waals surface area contributed by atoms with E-state index in [0.717, 1.165) is 17.1 Å². The topological polar surface area (TPSA) is 26.0 Å². The van der Waals surface area contributed by atoms with Gasteiger partial charge in [0, 0.05) is 0 Å². The third-order valence-corrected chi connectivity index (χ3v) is 3.37. The standard InChI is InChI=1S/C11H12ClNOS/c1-3-8-4-5-15-10(8)9-6-13-11(14-9)7(2)12/h4-7H,3H2,1-2H3. The Morgan fingerprint density at radius 2 is 2.40 bits per heavy atom. The Morgan fingerprint density at radius 1 is 1.60 bits per heavy atom. The van der Waals surface area contributed by atoms with Crippen LogP contribution in [-0.4, -0.2) is 4.98 Å². The Hall–Kier alpha value is -0.800. The van der Waals surface area contributed by atoms with Gasteiger partial charge in [-0.1, -0.05) is 6.92 Å². The molecule has 2 aromatic heterocycles. The highest BCUT2D eigenvalue weighted by Gasteiger charge is 2.13. The second-order valence-electron chi connectivity index (χ2n) is 3.31. The van der Waals surface area contributed by atoms with Crippen LogP contribution in [0.2, 0.25) is 0 Å². The van der Waals surface area contributed by atoms with Crippen molar-refractivity contribution in [3.05, 3.63) is 29.1 Å². The SMILES string of the molecule is CCc1ccsc1-c1cnc(C(C)Cl)o1. The number of nitrogens with zero attached hydrogens (tertiary/aromatic N) is 1. The second-order valence-corrected chi connectivity index (χ2v) is 4.88. The summed E-state index contributed by atoms with van der Waals surface area (Å²) < 4.78 is 5.60. The maximum Gasteiger partial charge on any atom is 0.212 e. The van der Waals surface area contributed by atoms with E-state index in [1.54, 1.807) is 17.5 Å². The number of thiophene rings is 1. The minimum absolute atomic E-state index is 0.177. The van der Waals surface area contributed by atoms with Crippen molar-refractivity contribution in [2.75, 3.05) is 0 Å². The summed E-state index contributed by atoms with van der Waals surface area (Å²) in [6.45, 7) is 3.99. The Bertz CT molecular complexity index is 447. The smallest absolute Gasteiger partial charge is 0.212 e. The highest BCUT2D eigenvalue weighted by molar-refractivity contribution is 7.13. The highest BCUT2D eigenvalue weighted by atomic mass is 35.5. The molecule has 15 heavy (non-hydrogen) atoms. The van der Waals surface area contributed by atoms with Crippen molar-refractivity contribution >= 4 is 22.9 Å². The van der Waals surface area contributed by atoms with E-state index >= 15 is 0 Å². The molecule has 0 aromatic carbocycles. The van der Waals surface area contributed by atoms with Crippen molar-refractivity contribution in [1.29, 1.82) is 0 Å². The molecule has 0 saturated carbocycles. The Labute approximate surface area is 97.9 Å². The first-order valence-corrected chi connectivity index (χ1v) is 6.20. The van der Waals surface area contributed by atoms with Crippen LogP contribution in [-0.2, 0) is 6.42 Å². The number of hydrogen-bond donors (Lipinski definition) is 0. The first-order valence-electron chi connectivity index (χ1n) is 4.89. The van der Waals surface area contributed by atoms with Gasteiger partial charge in [-0.2, -0.15) is 0 Å². The van der Waals surface area contributed by atoms with Crippen LogP contribution in [0.15, 0.2) is 22.1 Å². The molecule has 1 unspecified atom stereocenters. The predicted octanol–water partition coefficient (Wildman–Crippen LogP) is 4.27. The summed E-state index contributed by atoms with van der Waals surface area (Å²) >= 11 is 7.57. The van der Waals surface area contributed by atoms with Crippen molar-refractivity contribution in [2.24, 2.45) is 0 Å². The fraction of sp³-hybridized carbons (Fsp3) is 0.364. The van der Waals surface area contributed by atoms with E-state index < -0.39 is 0 Å². The molecular weight excluding hydrogens is 230 g/mol. The van der Waals surface area contributed by atoms with Crippen LogP contribution in [0.5, 0.6) is 0 Å². The summed E-state index contributed by atoms with van der Waals surface area (Å²) in [5.41, 5.74) is 1.30. The molecule has 2 aromatic rings. The van der Waals surface area contributed by atoms with Crippen LogP contribution in [0.4, 0.5) is 0 Å². The summed E-state index contributed by atoms with van der Waals surface area (Å²) in [4.78, 5) is 5.32. The number of rotatable bonds is 3. The van der Waals surface area contributed by atoms with Gasteiger partial charge in [0.25, 0.3) is 0 Å². The van der Waals surface area contributed by atoms with E-state index in [-0.39, 0.29) is 5.38 Å². The molecule has 0 aliphatic carbocycles. The average Bonchev–Trinajstić information content (AvgIpc) is 2.85. The number of aryl methyl sites for hydroxylation is 1. The quantitative estimate of drug-likeness (QED) is 0.751. The number of oxazole rings is 1. The number of halogens is 1. The minimum atomic E-state index is -0.177. The summed E-state index contributed by atoms with van der Waals surface area (Å²) in [7, 11) is 0. The lowest BCUT2D eigenvalue weighted by molar-refractivity contribution is 0.508. The fourth-order valence-electron chi connectivity index (χ4n) is 1.41. The van der Waals surface area contributed by atoms with Crippen molar-refractivity contribution in [3.8, 4) is 10.6 Å². The molecule has 4 heteroatoms. The Kier molecular flexibility index (Phi) is 3.12. The predicted molar refractivity (Wildman–Crippen MR) is 63.5 cm³/mol. The largest absolute Gasteiger partial charge is 0.438 e. The van der Waals surface area contributed by atoms with Crippen LogP contribution in [0.1, 0.15) is 30.7 Å². The highest BCUT2D eigenvalue weighted by Crippen LogP contribution is 2.32. The van der Waals surface area contributed by atoms with Crippen molar-refractivity contribution < 1.29 is 4.42 Å². The Morgan fingerprint density at radius 3 is 3.00 bits per heavy atom. The second kappa shape index (κ2) is 4.37. The normalized spacial score (nSPS) is 13.0. The summed E-state index contributed by atoms with van der Waals surface area (Å²) in [5.74, 6) is 1.41. The monoisotopic (exact) mass is 241 g/mol. The average molecular weight is 242 g/mol. The molecule has 0 bridgehead atoms. The molecule has 2 heterocycles. The lowest BCUT2D eigenvalue weighted by Gasteiger charge is -1.97. The fourth-order valence-corrected chi connectivity index (χ4v) is 2.45. The van der Waals surface area contributed by atoms with Gasteiger partial charge in [-0.05, 0) is 30.4 Å². The lowest BCUT2D eigenvalue weighted by atomic mass is 10.2. The van der Waals surface area contributed by atoms with Crippen LogP contribution in [0.25, 0.3) is 10.6 Å². The van der Waals surface area contributed by atoms with Gasteiger partial charge in [-0.3, -0.25) is 0 Å². The molecule has 0 amide bonds. The molecule has 1 atom stereocenters. The van der Waals surface area contributed by atoms with Gasteiger partial charge >= 0.3 is 0 Å². The van der Waals surface area contributed by atoms with Crippen LogP contribution in [0.3, 0.4) is 0 Å². The van der Waals surface area contributed by atoms with E-state index in [1.165, 1.54) is 5.56 Å². The summed E-state index contributed by atoms with van der Waals surface area (Å²) in [6, 6.07) is 2.12. The number of alkyl halides is 1. The third kappa shape index (κ3) is 2.08. The van der Waals surface area contributed by atoms with Crippen LogP contribution >= 0.6 is 22.9 Å². The van der Waals surface area contributed by atoms with E-state index in [4.69, 9.17) is 16.0 Å². The number of hydrogen-bond acceptors (Lipinski definition) is 3. The molecule has 0 fully saturated rings. The van der Waals surface area contributed by atoms with E-state index in [1.807, 2.05) is 6.92 Å². The van der Waals surface area contributed by atoms with Gasteiger partial charge < -0.3 is 4.42 Å². The van der Waals surface area contributed by atoms with Gasteiger partial charge in [-0.15, -0.1) is 22.9 Å². The molecule has 0 radical (unpaired) electrons. The van der Waals surface area contributed by atoms with E-state index in [9.17, 15) is 0 Å². The zero-order valence-corrected chi connectivity index (χ0v) is 10.2. The summed E-state index contributed by atoms with van der Waals surface area (Å²) in [5, 5.41) is 1.89. The molecule has 80 valence electrons. The van der Waals surface area contributed by atoms with Gasteiger partial charge in [0.2, 0.25) is 5.89 Å². The zero-order valence-electron chi connectivity index (χ0n) is 8.66. The van der Waals surface area contributed by atoms with Gasteiger partial charge in [0.1, 0.15) is 5.38 Å². The first kappa shape index (κ1) is 10.7. The summed E-state index contributed by atoms with van der Waals surface area (Å²) in [6.07, 6.45) is 2.75. The van der Waals surface area contributed by atoms with Gasteiger partial charge in [0.15, 0.2) is 5.76 Å². The first-order chi connectivity index (χ1) is 7.22. The molecule has 0 aliphatic heterocycles. The molecule has 2 nitrogen and oxygen atoms in total. The van der Waals surface area contributed by atoms with Crippen LogP contribution < -0.4 is 0 Å². The molecule has 0 aliphatic rings. The van der Waals surface area contributed by atoms with Crippen molar-refractivity contribution in [3.63, 3.8) is 0 Å². The number of aromatic nitrogens is 1. The molecule has 2 rings (SSSR count). The van der Waals surface area contributed by atoms with E-state index in [2.05, 4.69) is 23.4 Å². The molecule has 0 spiro atoms. The molecule has 0 N–H and O–H groups in total.